The van der Waals surface area contributed by atoms with Gasteiger partial charge in [-0.05, 0) is 31.2 Å². The van der Waals surface area contributed by atoms with Crippen molar-refractivity contribution in [2.75, 3.05) is 6.54 Å². The maximum Gasteiger partial charge on any atom is 0.321 e. The van der Waals surface area contributed by atoms with Gasteiger partial charge in [-0.25, -0.2) is 13.2 Å². The lowest BCUT2D eigenvalue weighted by molar-refractivity contribution is -0.153. The third-order valence-electron chi connectivity index (χ3n) is 4.02. The van der Waals surface area contributed by atoms with Crippen LogP contribution in [0.2, 0.25) is 0 Å². The van der Waals surface area contributed by atoms with Crippen LogP contribution in [0.3, 0.4) is 0 Å². The Hall–Kier alpha value is -1.98. The predicted octanol–water partition coefficient (Wildman–Crippen LogP) is 1.12. The Kier molecular flexibility index (Phi) is 7.75. The molecule has 1 unspecified atom stereocenters. The minimum absolute atomic E-state index is 0.0380. The first-order chi connectivity index (χ1) is 12.8. The number of esters is 1. The normalized spacial score (nSPS) is 16.3. The second-order valence-corrected chi connectivity index (χ2v) is 9.13. The summed E-state index contributed by atoms with van der Waals surface area (Å²) in [6.07, 6.45) is 3.72. The van der Waals surface area contributed by atoms with Crippen molar-refractivity contribution in [1.29, 1.82) is 0 Å². The van der Waals surface area contributed by atoms with Crippen molar-refractivity contribution in [3.8, 4) is 0 Å². The van der Waals surface area contributed by atoms with Crippen molar-refractivity contribution in [3.05, 3.63) is 17.5 Å². The smallest absolute Gasteiger partial charge is 0.321 e. The highest BCUT2D eigenvalue weighted by Gasteiger charge is 2.23. The molecular weight excluding hydrogens is 394 g/mol. The molecule has 3 amide bonds. The highest BCUT2D eigenvalue weighted by Crippen LogP contribution is 2.17. The van der Waals surface area contributed by atoms with Crippen molar-refractivity contribution in [2.45, 2.75) is 55.4 Å². The molecule has 1 aliphatic carbocycles. The minimum atomic E-state index is -3.80. The van der Waals surface area contributed by atoms with Crippen LogP contribution in [0.25, 0.3) is 0 Å². The van der Waals surface area contributed by atoms with E-state index in [9.17, 15) is 22.8 Å². The summed E-state index contributed by atoms with van der Waals surface area (Å²) in [6, 6.07) is 2.38. The zero-order valence-corrected chi connectivity index (χ0v) is 16.5. The van der Waals surface area contributed by atoms with E-state index in [1.165, 1.54) is 13.0 Å². The highest BCUT2D eigenvalue weighted by molar-refractivity contribution is 7.91. The second-order valence-electron chi connectivity index (χ2n) is 6.19. The molecule has 1 aromatic rings. The average molecular weight is 418 g/mol. The third kappa shape index (κ3) is 6.92. The molecule has 150 valence electrons. The Morgan fingerprint density at radius 1 is 1.26 bits per heavy atom. The highest BCUT2D eigenvalue weighted by atomic mass is 32.2. The van der Waals surface area contributed by atoms with E-state index in [-0.39, 0.29) is 10.3 Å². The van der Waals surface area contributed by atoms with Crippen LogP contribution in [0.15, 0.2) is 21.7 Å². The van der Waals surface area contributed by atoms with Crippen LogP contribution in [-0.2, 0) is 24.3 Å². The molecule has 0 radical (unpaired) electrons. The fourth-order valence-electron chi connectivity index (χ4n) is 2.62. The van der Waals surface area contributed by atoms with Gasteiger partial charge in [0.1, 0.15) is 10.8 Å². The van der Waals surface area contributed by atoms with Crippen LogP contribution in [0.4, 0.5) is 4.79 Å². The van der Waals surface area contributed by atoms with Crippen LogP contribution in [-0.4, -0.2) is 45.0 Å². The molecule has 1 aromatic heterocycles. The van der Waals surface area contributed by atoms with E-state index in [1.54, 1.807) is 11.4 Å². The number of imide groups is 1. The van der Waals surface area contributed by atoms with Gasteiger partial charge in [0.25, 0.3) is 15.9 Å². The number of carbonyl (C=O) groups is 3. The van der Waals surface area contributed by atoms with E-state index >= 15 is 0 Å². The number of nitrogens with one attached hydrogen (secondary N) is 3. The van der Waals surface area contributed by atoms with E-state index in [2.05, 4.69) is 15.4 Å². The summed E-state index contributed by atoms with van der Waals surface area (Å²) in [5.74, 6) is -1.71. The number of hydrogen-bond acceptors (Lipinski definition) is 7. The van der Waals surface area contributed by atoms with Crippen LogP contribution in [0.1, 0.15) is 39.0 Å². The Morgan fingerprint density at radius 3 is 2.59 bits per heavy atom. The first kappa shape index (κ1) is 21.3. The summed E-state index contributed by atoms with van der Waals surface area (Å²) in [5, 5.41) is 6.44. The van der Waals surface area contributed by atoms with E-state index in [0.717, 1.165) is 43.4 Å². The van der Waals surface area contributed by atoms with Crippen LogP contribution in [0.5, 0.6) is 0 Å². The molecule has 11 heteroatoms. The number of amides is 3. The van der Waals surface area contributed by atoms with Crippen molar-refractivity contribution in [3.63, 3.8) is 0 Å². The zero-order valence-electron chi connectivity index (χ0n) is 14.9. The van der Waals surface area contributed by atoms with Gasteiger partial charge in [-0.2, -0.15) is 4.72 Å². The van der Waals surface area contributed by atoms with E-state index in [1.807, 2.05) is 0 Å². The van der Waals surface area contributed by atoms with Crippen LogP contribution >= 0.6 is 11.3 Å². The summed E-state index contributed by atoms with van der Waals surface area (Å²) in [7, 11) is -3.80. The molecule has 2 rings (SSSR count). The molecule has 1 saturated carbocycles. The number of ether oxygens (including phenoxy) is 1. The SMILES string of the molecule is CC(OC(=O)CNS(=O)(=O)c1cccs1)C(=O)NC(=O)NC1CCCCC1. The van der Waals surface area contributed by atoms with Crippen molar-refractivity contribution < 1.29 is 27.5 Å². The van der Waals surface area contributed by atoms with Gasteiger partial charge in [-0.3, -0.25) is 14.9 Å². The third-order valence-corrected chi connectivity index (χ3v) is 6.82. The van der Waals surface area contributed by atoms with Gasteiger partial charge in [-0.1, -0.05) is 25.3 Å². The largest absolute Gasteiger partial charge is 0.452 e. The molecule has 27 heavy (non-hydrogen) atoms. The minimum Gasteiger partial charge on any atom is -0.452 e. The number of urea groups is 1. The standard InChI is InChI=1S/C16H23N3O6S2/c1-11(15(21)19-16(22)18-12-6-3-2-4-7-12)25-13(20)10-17-27(23,24)14-8-5-9-26-14/h5,8-9,11-12,17H,2-4,6-7,10H2,1H3,(H2,18,19,21,22). The van der Waals surface area contributed by atoms with Gasteiger partial charge >= 0.3 is 12.0 Å². The molecule has 0 aliphatic heterocycles. The second kappa shape index (κ2) is 9.81. The first-order valence-corrected chi connectivity index (χ1v) is 11.0. The average Bonchev–Trinajstić information content (AvgIpc) is 3.16. The van der Waals surface area contributed by atoms with Gasteiger partial charge < -0.3 is 10.1 Å². The Balaban J connectivity index is 1.73. The number of thiophene rings is 1. The maximum atomic E-state index is 11.9. The van der Waals surface area contributed by atoms with Gasteiger partial charge in [0.15, 0.2) is 6.10 Å². The van der Waals surface area contributed by atoms with E-state index < -0.39 is 40.6 Å². The topological polar surface area (TPSA) is 131 Å². The molecule has 1 aliphatic rings. The van der Waals surface area contributed by atoms with E-state index in [4.69, 9.17) is 4.74 Å². The monoisotopic (exact) mass is 417 g/mol. The molecular formula is C16H23N3O6S2. The molecule has 0 saturated heterocycles. The maximum absolute atomic E-state index is 11.9. The molecule has 1 fully saturated rings. The molecule has 0 spiro atoms. The van der Waals surface area contributed by atoms with Crippen molar-refractivity contribution in [1.82, 2.24) is 15.4 Å². The van der Waals surface area contributed by atoms with Crippen LogP contribution < -0.4 is 15.4 Å². The van der Waals surface area contributed by atoms with Gasteiger partial charge in [0, 0.05) is 6.04 Å². The first-order valence-electron chi connectivity index (χ1n) is 8.62. The van der Waals surface area contributed by atoms with Gasteiger partial charge in [0.05, 0.1) is 0 Å². The molecule has 1 heterocycles. The lowest BCUT2D eigenvalue weighted by Crippen LogP contribution is -2.48. The Bertz CT molecular complexity index is 757. The van der Waals surface area contributed by atoms with Crippen molar-refractivity contribution in [2.24, 2.45) is 0 Å². The fraction of sp³-hybridized carbons (Fsp3) is 0.562. The predicted molar refractivity (Wildman–Crippen MR) is 98.6 cm³/mol. The summed E-state index contributed by atoms with van der Waals surface area (Å²) in [4.78, 5) is 35.5. The summed E-state index contributed by atoms with van der Waals surface area (Å²) in [6.45, 7) is 0.682. The van der Waals surface area contributed by atoms with Gasteiger partial charge in [-0.15, -0.1) is 11.3 Å². The number of sulfonamides is 1. The summed E-state index contributed by atoms with van der Waals surface area (Å²) >= 11 is 1.01. The fourth-order valence-corrected chi connectivity index (χ4v) is 4.62. The summed E-state index contributed by atoms with van der Waals surface area (Å²) < 4.78 is 30.9. The van der Waals surface area contributed by atoms with Crippen molar-refractivity contribution >= 4 is 39.3 Å². The number of hydrogen-bond donors (Lipinski definition) is 3. The number of rotatable bonds is 7. The molecule has 3 N–H and O–H groups in total. The Labute approximate surface area is 161 Å². The Morgan fingerprint density at radius 2 is 1.96 bits per heavy atom. The lowest BCUT2D eigenvalue weighted by atomic mass is 9.96. The van der Waals surface area contributed by atoms with E-state index in [0.29, 0.717) is 0 Å². The number of carbonyl (C=O) groups excluding carboxylic acids is 3. The van der Waals surface area contributed by atoms with Crippen LogP contribution in [0, 0.1) is 0 Å². The molecule has 0 bridgehead atoms. The molecule has 0 aromatic carbocycles. The summed E-state index contributed by atoms with van der Waals surface area (Å²) in [5.41, 5.74) is 0. The quantitative estimate of drug-likeness (QED) is 0.570. The zero-order chi connectivity index (χ0) is 19.9. The van der Waals surface area contributed by atoms with Gasteiger partial charge in [0.2, 0.25) is 0 Å². The molecule has 1 atom stereocenters. The molecule has 9 nitrogen and oxygen atoms in total. The lowest BCUT2D eigenvalue weighted by Gasteiger charge is -2.23.